The molecule has 42 heavy (non-hydrogen) atoms. The molecule has 0 fully saturated rings. The molecular formula is C30H29IN2O8S. The van der Waals surface area contributed by atoms with Crippen molar-refractivity contribution in [1.29, 1.82) is 0 Å². The summed E-state index contributed by atoms with van der Waals surface area (Å²) in [5.41, 5.74) is 1.59. The van der Waals surface area contributed by atoms with E-state index in [0.717, 1.165) is 3.57 Å². The van der Waals surface area contributed by atoms with Gasteiger partial charge < -0.3 is 28.4 Å². The van der Waals surface area contributed by atoms with Crippen LogP contribution in [-0.2, 0) is 9.53 Å². The van der Waals surface area contributed by atoms with Crippen LogP contribution < -0.4 is 38.6 Å². The molecule has 3 aromatic rings. The maximum atomic E-state index is 14.1. The molecule has 0 saturated heterocycles. The van der Waals surface area contributed by atoms with Crippen molar-refractivity contribution in [3.05, 3.63) is 69.9 Å². The minimum absolute atomic E-state index is 0.0907. The van der Waals surface area contributed by atoms with Crippen LogP contribution >= 0.6 is 33.9 Å². The zero-order valence-electron chi connectivity index (χ0n) is 23.9. The number of nitrogens with zero attached hydrogens (tertiary/aromatic N) is 2. The van der Waals surface area contributed by atoms with Crippen LogP contribution in [0.25, 0.3) is 6.08 Å². The average Bonchev–Trinajstić information content (AvgIpc) is 3.28. The number of ether oxygens (including phenoxy) is 6. The molecule has 0 bridgehead atoms. The van der Waals surface area contributed by atoms with Crippen molar-refractivity contribution >= 4 is 46.0 Å². The quantitative estimate of drug-likeness (QED) is 0.180. The molecule has 0 N–H and O–H groups in total. The standard InChI is InChI=1S/C30H29IN2O8S/c1-8-10-41-26-19(31)11-17(12-20(26)36-4)13-23-28(34)33-25(18-14-21(37-5)27(39-7)22(15-18)38-6)24(29(35)40-9-2)16(3)32-30(33)42-23/h1,11-15,25H,9-10H2,2-7H3/b23-13-/t25-/m1/s1. The van der Waals surface area contributed by atoms with Crippen molar-refractivity contribution in [1.82, 2.24) is 4.57 Å². The molecule has 1 aliphatic rings. The summed E-state index contributed by atoms with van der Waals surface area (Å²) in [6.45, 7) is 3.68. The third kappa shape index (κ3) is 5.84. The second kappa shape index (κ2) is 13.3. The summed E-state index contributed by atoms with van der Waals surface area (Å²) in [6.07, 6.45) is 7.09. The number of allylic oxidation sites excluding steroid dienone is 1. The van der Waals surface area contributed by atoms with Crippen LogP contribution in [0, 0.1) is 15.9 Å². The Morgan fingerprint density at radius 1 is 1.07 bits per heavy atom. The van der Waals surface area contributed by atoms with Gasteiger partial charge in [-0.2, -0.15) is 0 Å². The number of hydrogen-bond acceptors (Lipinski definition) is 10. The van der Waals surface area contributed by atoms with Crippen molar-refractivity contribution in [2.75, 3.05) is 41.7 Å². The van der Waals surface area contributed by atoms with E-state index in [4.69, 9.17) is 34.8 Å². The van der Waals surface area contributed by atoms with E-state index in [9.17, 15) is 9.59 Å². The van der Waals surface area contributed by atoms with Gasteiger partial charge in [-0.3, -0.25) is 9.36 Å². The predicted octanol–water partition coefficient (Wildman–Crippen LogP) is 3.45. The highest BCUT2D eigenvalue weighted by molar-refractivity contribution is 14.1. The number of thiazole rings is 1. The Kier molecular flexibility index (Phi) is 9.85. The largest absolute Gasteiger partial charge is 0.493 e. The third-order valence-corrected chi connectivity index (χ3v) is 8.15. The van der Waals surface area contributed by atoms with Gasteiger partial charge in [0.2, 0.25) is 5.75 Å². The number of rotatable bonds is 10. The predicted molar refractivity (Wildman–Crippen MR) is 167 cm³/mol. The van der Waals surface area contributed by atoms with Crippen LogP contribution in [0.4, 0.5) is 0 Å². The maximum absolute atomic E-state index is 14.1. The van der Waals surface area contributed by atoms with Gasteiger partial charge in [0.25, 0.3) is 5.56 Å². The highest BCUT2D eigenvalue weighted by Crippen LogP contribution is 2.42. The molecule has 0 saturated carbocycles. The lowest BCUT2D eigenvalue weighted by Gasteiger charge is -2.26. The molecule has 1 aromatic heterocycles. The summed E-state index contributed by atoms with van der Waals surface area (Å²) in [5, 5.41) is 0. The van der Waals surface area contributed by atoms with E-state index in [2.05, 4.69) is 33.5 Å². The monoisotopic (exact) mass is 704 g/mol. The molecule has 0 radical (unpaired) electrons. The number of fused-ring (bicyclic) bond motifs is 1. The molecule has 0 unspecified atom stereocenters. The fourth-order valence-electron chi connectivity index (χ4n) is 4.59. The number of esters is 1. The second-order valence-electron chi connectivity index (χ2n) is 8.79. The van der Waals surface area contributed by atoms with Gasteiger partial charge in [-0.05, 0) is 77.9 Å². The van der Waals surface area contributed by atoms with Crippen molar-refractivity contribution in [2.24, 2.45) is 4.99 Å². The molecule has 0 amide bonds. The van der Waals surface area contributed by atoms with Crippen LogP contribution in [-0.4, -0.2) is 52.2 Å². The summed E-state index contributed by atoms with van der Waals surface area (Å²) >= 11 is 3.33. The van der Waals surface area contributed by atoms with Crippen LogP contribution in [0.15, 0.2) is 45.3 Å². The fraction of sp³-hybridized carbons (Fsp3) is 0.300. The molecule has 4 rings (SSSR count). The Labute approximate surface area is 260 Å². The number of carbonyl (C=O) groups is 1. The summed E-state index contributed by atoms with van der Waals surface area (Å²) in [6, 6.07) is 6.18. The number of carbonyl (C=O) groups excluding carboxylic acids is 1. The lowest BCUT2D eigenvalue weighted by Crippen LogP contribution is -2.40. The topological polar surface area (TPSA) is 107 Å². The van der Waals surface area contributed by atoms with Crippen LogP contribution in [0.5, 0.6) is 28.7 Å². The first kappa shape index (κ1) is 31.0. The molecule has 10 nitrogen and oxygen atoms in total. The zero-order chi connectivity index (χ0) is 30.6. The lowest BCUT2D eigenvalue weighted by atomic mass is 9.95. The third-order valence-electron chi connectivity index (χ3n) is 6.37. The van der Waals surface area contributed by atoms with Gasteiger partial charge in [-0.25, -0.2) is 9.79 Å². The normalized spacial score (nSPS) is 14.4. The smallest absolute Gasteiger partial charge is 0.338 e. The van der Waals surface area contributed by atoms with E-state index in [1.807, 2.05) is 6.07 Å². The lowest BCUT2D eigenvalue weighted by molar-refractivity contribution is -0.139. The second-order valence-corrected chi connectivity index (χ2v) is 11.0. The van der Waals surface area contributed by atoms with Crippen LogP contribution in [0.2, 0.25) is 0 Å². The Morgan fingerprint density at radius 2 is 1.71 bits per heavy atom. The molecule has 220 valence electrons. The van der Waals surface area contributed by atoms with Gasteiger partial charge in [0.1, 0.15) is 6.61 Å². The van der Waals surface area contributed by atoms with Gasteiger partial charge >= 0.3 is 5.97 Å². The molecule has 2 aromatic carbocycles. The number of hydrogen-bond donors (Lipinski definition) is 0. The van der Waals surface area contributed by atoms with E-state index in [-0.39, 0.29) is 24.3 Å². The maximum Gasteiger partial charge on any atom is 0.338 e. The Morgan fingerprint density at radius 3 is 2.29 bits per heavy atom. The molecular weight excluding hydrogens is 675 g/mol. The first-order valence-electron chi connectivity index (χ1n) is 12.7. The number of methoxy groups -OCH3 is 4. The number of halogens is 1. The van der Waals surface area contributed by atoms with Crippen molar-refractivity contribution in [3.63, 3.8) is 0 Å². The summed E-state index contributed by atoms with van der Waals surface area (Å²) in [4.78, 5) is 32.4. The van der Waals surface area contributed by atoms with E-state index < -0.39 is 12.0 Å². The average molecular weight is 705 g/mol. The molecule has 2 heterocycles. The van der Waals surface area contributed by atoms with Gasteiger partial charge in [-0.1, -0.05) is 17.3 Å². The summed E-state index contributed by atoms with van der Waals surface area (Å²) in [7, 11) is 6.03. The van der Waals surface area contributed by atoms with E-state index in [0.29, 0.717) is 54.9 Å². The van der Waals surface area contributed by atoms with Gasteiger partial charge in [0.15, 0.2) is 27.8 Å². The first-order chi connectivity index (χ1) is 20.2. The van der Waals surface area contributed by atoms with E-state index in [1.165, 1.54) is 44.3 Å². The Balaban J connectivity index is 1.97. The first-order valence-corrected chi connectivity index (χ1v) is 14.6. The number of benzene rings is 2. The Bertz CT molecular complexity index is 1760. The van der Waals surface area contributed by atoms with Crippen molar-refractivity contribution in [3.8, 4) is 41.1 Å². The van der Waals surface area contributed by atoms with Crippen LogP contribution in [0.1, 0.15) is 31.0 Å². The van der Waals surface area contributed by atoms with Crippen molar-refractivity contribution < 1.29 is 33.2 Å². The highest BCUT2D eigenvalue weighted by atomic mass is 127. The van der Waals surface area contributed by atoms with Crippen molar-refractivity contribution in [2.45, 2.75) is 19.9 Å². The molecule has 1 aliphatic heterocycles. The van der Waals surface area contributed by atoms with Gasteiger partial charge in [0.05, 0.1) is 60.5 Å². The highest BCUT2D eigenvalue weighted by Gasteiger charge is 2.34. The number of aromatic nitrogens is 1. The minimum atomic E-state index is -0.870. The van der Waals surface area contributed by atoms with Gasteiger partial charge in [-0.15, -0.1) is 6.42 Å². The Hall–Kier alpha value is -3.96. The van der Waals surface area contributed by atoms with E-state index in [1.54, 1.807) is 38.1 Å². The summed E-state index contributed by atoms with van der Waals surface area (Å²) < 4.78 is 35.8. The summed E-state index contributed by atoms with van der Waals surface area (Å²) in [5.74, 6) is 4.00. The van der Waals surface area contributed by atoms with Crippen LogP contribution in [0.3, 0.4) is 0 Å². The molecule has 0 spiro atoms. The molecule has 1 atom stereocenters. The fourth-order valence-corrected chi connectivity index (χ4v) is 6.42. The SMILES string of the molecule is C#CCOc1c(I)cc(/C=c2\sc3n(c2=O)[C@H](c2cc(OC)c(OC)c(OC)c2)C(C(=O)OCC)=C(C)N=3)cc1OC. The molecule has 12 heteroatoms. The van der Waals surface area contributed by atoms with E-state index >= 15 is 0 Å². The molecule has 0 aliphatic carbocycles. The zero-order valence-corrected chi connectivity index (χ0v) is 26.9. The number of terminal acetylenes is 1. The van der Waals surface area contributed by atoms with Gasteiger partial charge in [0, 0.05) is 0 Å². The minimum Gasteiger partial charge on any atom is -0.493 e.